The average molecular weight is 308 g/mol. The second-order valence-electron chi connectivity index (χ2n) is 4.68. The molecule has 0 saturated heterocycles. The van der Waals surface area contributed by atoms with Crippen LogP contribution in [0.3, 0.4) is 0 Å². The Morgan fingerprint density at radius 1 is 0.864 bits per heavy atom. The molecule has 0 bridgehead atoms. The normalized spacial score (nSPS) is 10.8. The first-order chi connectivity index (χ1) is 10.8. The molecule has 3 aromatic rings. The van der Waals surface area contributed by atoms with Gasteiger partial charge in [-0.3, -0.25) is 0 Å². The van der Waals surface area contributed by atoms with Gasteiger partial charge in [0.25, 0.3) is 0 Å². The third kappa shape index (κ3) is 3.71. The predicted molar refractivity (Wildman–Crippen MR) is 92.1 cm³/mol. The maximum Gasteiger partial charge on any atom is 0.224 e. The second kappa shape index (κ2) is 6.87. The van der Waals surface area contributed by atoms with Crippen LogP contribution in [-0.4, -0.2) is 9.97 Å². The Kier molecular flexibility index (Phi) is 4.47. The van der Waals surface area contributed by atoms with Gasteiger partial charge in [0.05, 0.1) is 0 Å². The van der Waals surface area contributed by atoms with Gasteiger partial charge >= 0.3 is 0 Å². The molecule has 0 unspecified atom stereocenters. The summed E-state index contributed by atoms with van der Waals surface area (Å²) in [6.07, 6.45) is 5.69. The number of rotatable bonds is 4. The van der Waals surface area contributed by atoms with Crippen molar-refractivity contribution in [2.45, 2.75) is 0 Å². The first-order valence-electron chi connectivity index (χ1n) is 6.89. The number of nitrogens with zero attached hydrogens (tertiary/aromatic N) is 2. The maximum absolute atomic E-state index is 5.91. The number of benzene rings is 2. The monoisotopic (exact) mass is 307 g/mol. The van der Waals surface area contributed by atoms with Crippen LogP contribution in [-0.2, 0) is 0 Å². The van der Waals surface area contributed by atoms with Crippen molar-refractivity contribution in [3.8, 4) is 0 Å². The van der Waals surface area contributed by atoms with E-state index in [9.17, 15) is 0 Å². The van der Waals surface area contributed by atoms with E-state index in [1.165, 1.54) is 0 Å². The minimum Gasteiger partial charge on any atom is -0.340 e. The molecule has 0 radical (unpaired) electrons. The van der Waals surface area contributed by atoms with Gasteiger partial charge in [-0.25, -0.2) is 4.98 Å². The van der Waals surface area contributed by atoms with E-state index in [2.05, 4.69) is 15.3 Å². The molecular weight excluding hydrogens is 294 g/mol. The summed E-state index contributed by atoms with van der Waals surface area (Å²) in [7, 11) is 0. The van der Waals surface area contributed by atoms with Crippen molar-refractivity contribution in [2.75, 3.05) is 5.32 Å². The molecule has 108 valence electrons. The maximum atomic E-state index is 5.91. The van der Waals surface area contributed by atoms with Crippen LogP contribution >= 0.6 is 11.6 Å². The molecule has 0 saturated carbocycles. The van der Waals surface area contributed by atoms with Crippen LogP contribution in [0.5, 0.6) is 0 Å². The molecule has 0 aliphatic heterocycles. The van der Waals surface area contributed by atoms with Gasteiger partial charge in [-0.1, -0.05) is 54.6 Å². The highest BCUT2D eigenvalue weighted by Crippen LogP contribution is 2.21. The number of nitrogens with one attached hydrogen (secondary N) is 1. The summed E-state index contributed by atoms with van der Waals surface area (Å²) in [6, 6.07) is 19.9. The van der Waals surface area contributed by atoms with Crippen LogP contribution in [0.4, 0.5) is 11.5 Å². The topological polar surface area (TPSA) is 37.8 Å². The van der Waals surface area contributed by atoms with E-state index in [0.717, 1.165) is 16.8 Å². The first-order valence-corrected chi connectivity index (χ1v) is 7.27. The molecule has 22 heavy (non-hydrogen) atoms. The summed E-state index contributed by atoms with van der Waals surface area (Å²) in [6.45, 7) is 0. The fraction of sp³-hybridized carbons (Fsp3) is 0. The number of para-hydroxylation sites is 1. The molecule has 3 nitrogen and oxygen atoms in total. The van der Waals surface area contributed by atoms with Gasteiger partial charge in [-0.05, 0) is 35.4 Å². The third-order valence-electron chi connectivity index (χ3n) is 3.08. The summed E-state index contributed by atoms with van der Waals surface area (Å²) in [5, 5.41) is 3.48. The van der Waals surface area contributed by atoms with E-state index in [4.69, 9.17) is 11.6 Å². The summed E-state index contributed by atoms with van der Waals surface area (Å²) < 4.78 is 0. The lowest BCUT2D eigenvalue weighted by Gasteiger charge is -2.08. The highest BCUT2D eigenvalue weighted by molar-refractivity contribution is 6.28. The average Bonchev–Trinajstić information content (AvgIpc) is 2.56. The largest absolute Gasteiger partial charge is 0.340 e. The number of anilines is 2. The molecule has 0 spiro atoms. The van der Waals surface area contributed by atoms with Gasteiger partial charge in [0.15, 0.2) is 0 Å². The molecule has 0 atom stereocenters. The Labute approximate surface area is 134 Å². The lowest BCUT2D eigenvalue weighted by molar-refractivity contribution is 1.16. The minimum absolute atomic E-state index is 0.218. The highest BCUT2D eigenvalue weighted by Gasteiger charge is 2.04. The van der Waals surface area contributed by atoms with Crippen LogP contribution < -0.4 is 5.32 Å². The molecule has 0 aliphatic carbocycles. The van der Waals surface area contributed by atoms with Crippen molar-refractivity contribution in [2.24, 2.45) is 0 Å². The van der Waals surface area contributed by atoms with Gasteiger partial charge in [-0.15, -0.1) is 0 Å². The van der Waals surface area contributed by atoms with Crippen LogP contribution in [0.25, 0.3) is 12.2 Å². The summed E-state index contributed by atoms with van der Waals surface area (Å²) in [5.74, 6) is 0.679. The molecule has 0 fully saturated rings. The predicted octanol–water partition coefficient (Wildman–Crippen LogP) is 5.04. The summed E-state index contributed by atoms with van der Waals surface area (Å²) in [4.78, 5) is 8.33. The van der Waals surface area contributed by atoms with Crippen LogP contribution in [0.1, 0.15) is 11.1 Å². The fourth-order valence-corrected chi connectivity index (χ4v) is 2.13. The van der Waals surface area contributed by atoms with E-state index in [0.29, 0.717) is 5.82 Å². The van der Waals surface area contributed by atoms with Gasteiger partial charge in [-0.2, -0.15) is 4.98 Å². The summed E-state index contributed by atoms with van der Waals surface area (Å²) >= 11 is 5.91. The van der Waals surface area contributed by atoms with Gasteiger partial charge < -0.3 is 5.32 Å². The highest BCUT2D eigenvalue weighted by atomic mass is 35.5. The zero-order valence-electron chi connectivity index (χ0n) is 11.8. The standard InChI is InChI=1S/C18H14ClN3/c19-18-20-13-15(12-11-14-7-3-1-4-8-14)17(22-18)21-16-9-5-2-6-10-16/h1-13H,(H,20,21,22)/b12-11+. The fourth-order valence-electron chi connectivity index (χ4n) is 2.00. The Morgan fingerprint density at radius 3 is 2.27 bits per heavy atom. The SMILES string of the molecule is Clc1ncc(/C=C/c2ccccc2)c(Nc2ccccc2)n1. The van der Waals surface area contributed by atoms with Gasteiger partial charge in [0.2, 0.25) is 5.28 Å². The van der Waals surface area contributed by atoms with E-state index in [1.54, 1.807) is 6.20 Å². The van der Waals surface area contributed by atoms with E-state index in [1.807, 2.05) is 72.8 Å². The summed E-state index contributed by atoms with van der Waals surface area (Å²) in [5.41, 5.74) is 2.94. The van der Waals surface area contributed by atoms with Gasteiger partial charge in [0.1, 0.15) is 5.82 Å². The Morgan fingerprint density at radius 2 is 1.55 bits per heavy atom. The van der Waals surface area contributed by atoms with Crippen LogP contribution in [0.15, 0.2) is 66.9 Å². The first kappa shape index (κ1) is 14.3. The lowest BCUT2D eigenvalue weighted by Crippen LogP contribution is -1.98. The van der Waals surface area contributed by atoms with Crippen LogP contribution in [0, 0.1) is 0 Å². The molecule has 1 aromatic heterocycles. The van der Waals surface area contributed by atoms with Crippen molar-refractivity contribution in [1.29, 1.82) is 0 Å². The molecule has 4 heteroatoms. The van der Waals surface area contributed by atoms with E-state index in [-0.39, 0.29) is 5.28 Å². The number of hydrogen-bond acceptors (Lipinski definition) is 3. The number of aromatic nitrogens is 2. The van der Waals surface area contributed by atoms with Crippen LogP contribution in [0.2, 0.25) is 5.28 Å². The molecule has 1 N–H and O–H groups in total. The van der Waals surface area contributed by atoms with Crippen molar-refractivity contribution < 1.29 is 0 Å². The molecule has 0 amide bonds. The molecule has 0 aliphatic rings. The number of hydrogen-bond donors (Lipinski definition) is 1. The Hall–Kier alpha value is -2.65. The third-order valence-corrected chi connectivity index (χ3v) is 3.26. The lowest BCUT2D eigenvalue weighted by atomic mass is 10.2. The smallest absolute Gasteiger partial charge is 0.224 e. The van der Waals surface area contributed by atoms with E-state index >= 15 is 0 Å². The van der Waals surface area contributed by atoms with Crippen molar-refractivity contribution in [1.82, 2.24) is 9.97 Å². The van der Waals surface area contributed by atoms with E-state index < -0.39 is 0 Å². The zero-order valence-corrected chi connectivity index (χ0v) is 12.5. The second-order valence-corrected chi connectivity index (χ2v) is 5.02. The van der Waals surface area contributed by atoms with Gasteiger partial charge in [0, 0.05) is 17.4 Å². The van der Waals surface area contributed by atoms with Crippen molar-refractivity contribution >= 4 is 35.3 Å². The molecule has 2 aromatic carbocycles. The minimum atomic E-state index is 0.218. The Bertz CT molecular complexity index is 771. The molecule has 3 rings (SSSR count). The zero-order chi connectivity index (χ0) is 15.2. The number of halogens is 1. The van der Waals surface area contributed by atoms with Crippen molar-refractivity contribution in [3.05, 3.63) is 83.3 Å². The molecular formula is C18H14ClN3. The Balaban J connectivity index is 1.89. The quantitative estimate of drug-likeness (QED) is 0.686. The molecule has 1 heterocycles. The van der Waals surface area contributed by atoms with Crippen molar-refractivity contribution in [3.63, 3.8) is 0 Å².